The van der Waals surface area contributed by atoms with E-state index in [4.69, 9.17) is 18.9 Å². The van der Waals surface area contributed by atoms with Crippen LogP contribution in [0.25, 0.3) is 143 Å². The molecule has 0 N–H and O–H groups in total. The third kappa shape index (κ3) is 20.1. The van der Waals surface area contributed by atoms with Gasteiger partial charge in [-0.1, -0.05) is 505 Å². The molecule has 0 aliphatic carbocycles. The Kier molecular flexibility index (Phi) is 30.6. The van der Waals surface area contributed by atoms with E-state index >= 15 is 0 Å². The fraction of sp³-hybridized carbons (Fsp3) is 0.155. The lowest BCUT2D eigenvalue weighted by molar-refractivity contribution is 0.306. The van der Waals surface area contributed by atoms with E-state index in [2.05, 4.69) is 544 Å². The predicted molar refractivity (Wildman–Crippen MR) is 645 cm³/mol. The molecule has 22 aromatic carbocycles. The number of rotatable bonds is 24. The van der Waals surface area contributed by atoms with E-state index in [9.17, 15) is 0 Å². The number of aryl methyl sites for hydroxylation is 2. The van der Waals surface area contributed by atoms with Crippen LogP contribution in [0.1, 0.15) is 128 Å². The first kappa shape index (κ1) is 101. The van der Waals surface area contributed by atoms with Crippen molar-refractivity contribution in [2.45, 2.75) is 120 Å². The van der Waals surface area contributed by atoms with Gasteiger partial charge in [-0.15, -0.1) is 0 Å². The van der Waals surface area contributed by atoms with Crippen LogP contribution in [0.3, 0.4) is 0 Å². The number of fused-ring (bicyclic) bond motifs is 8. The molecule has 0 aromatic heterocycles. The topological polar surface area (TPSA) is 36.9 Å². The average Bonchev–Trinajstić information content (AvgIpc) is 0.709. The maximum absolute atomic E-state index is 6.49. The van der Waals surface area contributed by atoms with Gasteiger partial charge in [-0.3, -0.25) is 0 Å². The molecule has 0 radical (unpaired) electrons. The smallest absolute Gasteiger partial charge is 0.180 e. The Morgan fingerprint density at radius 1 is 0.236 bits per heavy atom. The first-order chi connectivity index (χ1) is 72.3. The lowest BCUT2D eigenvalue weighted by Crippen LogP contribution is -2.74. The second kappa shape index (κ2) is 44.9. The van der Waals surface area contributed by atoms with Crippen molar-refractivity contribution in [1.82, 2.24) is 0 Å². The van der Waals surface area contributed by atoms with Crippen molar-refractivity contribution in [3.05, 3.63) is 494 Å². The van der Waals surface area contributed by atoms with Crippen molar-refractivity contribution >= 4 is 156 Å². The molecule has 0 saturated carbocycles. The summed E-state index contributed by atoms with van der Waals surface area (Å²) in [6, 6.07) is 166. The summed E-state index contributed by atoms with van der Waals surface area (Å²) in [6.45, 7) is 28.0. The SMILES string of the molecule is C/C=C/c1ccc2c(-c3c(C)ccc4cc(/C=C/C)ccc34)c(C)ccc2c1.CCCCOc1ccc2cc(C(C)(C)C)ccc2c1-c1c(OCCCC)ccc2cc(C(C)(C)C)ccc12.COc1ccc2ccccc2c1-c1c(OC)ccc2ccccc12.c1ccc([Si](c2ccccc2)(c2ccccc2)c2ccc(-c3ccc([Si](c4ccccc4)(c4ccccc4)c4ccccc4)c4ccccc34)c3ccccc23)cc1. The zero-order chi connectivity index (χ0) is 102. The van der Waals surface area contributed by atoms with Crippen LogP contribution in [0, 0.1) is 13.8 Å². The molecular formula is C142H132O4Si2. The molecule has 732 valence electrons. The Morgan fingerprint density at radius 3 is 0.818 bits per heavy atom. The molecule has 22 aromatic rings. The van der Waals surface area contributed by atoms with Crippen LogP contribution in [0.5, 0.6) is 23.0 Å². The lowest BCUT2D eigenvalue weighted by Gasteiger charge is -2.36. The standard InChI is InChI=1S/C56H42Si2.C36H46O2.C28H26.C22H18O2/c1-7-23-43(24-8-1)57(44-25-9-2-10-26-44,45-27-11-3-12-28-45)55-41-39-51(49-35-19-21-37-53(49)55)52-40-42-56(54-38-22-20-36-50(52)54)58(46-29-13-4-14-30-46,47-31-15-5-16-32-47)48-33-17-6-18-34-48;1-9-11-21-37-31-19-13-25-23-27(35(3,4)5)15-17-29(25)33(31)34-30-18-16-28(36(6,7)8)24-26(30)14-20-32(34)38-22-12-10-2;1-5-7-21-11-15-25-23(17-21)13-9-19(3)27(25)28-20(4)10-14-24-18-22(8-6-2)12-16-26(24)28;1-23-19-13-11-15-7-3-5-9-17(15)21(19)22-18-10-6-4-8-16(18)12-14-20(22)24-2/h1-42H;13-20,23-24H,9-12,21-22H2,1-8H3;5-18H,1-4H3;3-14H,1-2H3/b;;7-5+,8-6+;. The van der Waals surface area contributed by atoms with Crippen LogP contribution in [-0.4, -0.2) is 43.6 Å². The maximum Gasteiger partial charge on any atom is 0.180 e. The lowest BCUT2D eigenvalue weighted by atomic mass is 9.83. The number of unbranched alkanes of at least 4 members (excludes halogenated alkanes) is 2. The summed E-state index contributed by atoms with van der Waals surface area (Å²) in [5.41, 5.74) is 17.6. The Labute approximate surface area is 877 Å². The van der Waals surface area contributed by atoms with Crippen molar-refractivity contribution < 1.29 is 18.9 Å². The number of allylic oxidation sites excluding steroid dienone is 2. The molecule has 22 rings (SSSR count). The summed E-state index contributed by atoms with van der Waals surface area (Å²) in [4.78, 5) is 0. The van der Waals surface area contributed by atoms with Gasteiger partial charge in [0.1, 0.15) is 23.0 Å². The van der Waals surface area contributed by atoms with Gasteiger partial charge in [0.2, 0.25) is 0 Å². The molecule has 4 nitrogen and oxygen atoms in total. The van der Waals surface area contributed by atoms with Crippen molar-refractivity contribution in [3.8, 4) is 67.5 Å². The van der Waals surface area contributed by atoms with Gasteiger partial charge in [-0.25, -0.2) is 0 Å². The minimum Gasteiger partial charge on any atom is -0.496 e. The predicted octanol–water partition coefficient (Wildman–Crippen LogP) is 33.0. The van der Waals surface area contributed by atoms with Crippen LogP contribution < -0.4 is 60.4 Å². The molecule has 0 aliphatic rings. The van der Waals surface area contributed by atoms with Crippen molar-refractivity contribution in [2.75, 3.05) is 27.4 Å². The summed E-state index contributed by atoms with van der Waals surface area (Å²) in [7, 11) is -2.14. The normalized spacial score (nSPS) is 11.8. The van der Waals surface area contributed by atoms with Gasteiger partial charge in [0, 0.05) is 22.3 Å². The monoisotopic (exact) mass is 1960 g/mol. The van der Waals surface area contributed by atoms with Gasteiger partial charge in [-0.05, 0) is 271 Å². The second-order valence-corrected chi connectivity index (χ2v) is 48.5. The summed E-state index contributed by atoms with van der Waals surface area (Å²) in [5.74, 6) is 3.57. The first-order valence-corrected chi connectivity index (χ1v) is 56.5. The third-order valence-corrected chi connectivity index (χ3v) is 39.3. The van der Waals surface area contributed by atoms with Gasteiger partial charge < -0.3 is 18.9 Å². The van der Waals surface area contributed by atoms with Gasteiger partial charge in [0.25, 0.3) is 0 Å². The van der Waals surface area contributed by atoms with Gasteiger partial charge in [0.15, 0.2) is 16.1 Å². The number of methoxy groups -OCH3 is 2. The summed E-state index contributed by atoms with van der Waals surface area (Å²) in [5, 5.41) is 31.0. The van der Waals surface area contributed by atoms with Crippen LogP contribution in [0.2, 0.25) is 0 Å². The maximum atomic E-state index is 6.49. The Bertz CT molecular complexity index is 7860. The zero-order valence-electron chi connectivity index (χ0n) is 87.9. The first-order valence-electron chi connectivity index (χ1n) is 52.5. The van der Waals surface area contributed by atoms with Crippen molar-refractivity contribution in [2.24, 2.45) is 0 Å². The van der Waals surface area contributed by atoms with Crippen LogP contribution in [-0.2, 0) is 10.8 Å². The second-order valence-electron chi connectivity index (χ2n) is 41.0. The minimum atomic E-state index is -2.78. The molecule has 0 bridgehead atoms. The Morgan fingerprint density at radius 2 is 0.500 bits per heavy atom. The molecule has 0 heterocycles. The summed E-state index contributed by atoms with van der Waals surface area (Å²) in [6.07, 6.45) is 12.8. The van der Waals surface area contributed by atoms with E-state index in [0.29, 0.717) is 13.2 Å². The summed E-state index contributed by atoms with van der Waals surface area (Å²) >= 11 is 0. The Balaban J connectivity index is 0.000000132. The highest BCUT2D eigenvalue weighted by atomic mass is 28.3. The van der Waals surface area contributed by atoms with E-state index in [1.807, 2.05) is 12.1 Å². The molecule has 0 saturated heterocycles. The zero-order valence-corrected chi connectivity index (χ0v) is 89.9. The van der Waals surface area contributed by atoms with Crippen LogP contribution in [0.15, 0.2) is 461 Å². The molecule has 148 heavy (non-hydrogen) atoms. The molecule has 0 unspecified atom stereocenters. The van der Waals surface area contributed by atoms with Crippen LogP contribution in [0.4, 0.5) is 0 Å². The number of hydrogen-bond donors (Lipinski definition) is 0. The molecule has 0 fully saturated rings. The van der Waals surface area contributed by atoms with Gasteiger partial charge in [-0.2, -0.15) is 0 Å². The molecule has 0 amide bonds. The van der Waals surface area contributed by atoms with E-state index in [1.165, 1.54) is 173 Å². The van der Waals surface area contributed by atoms with E-state index in [0.717, 1.165) is 81.7 Å². The quantitative estimate of drug-likeness (QED) is 0.0343. The molecule has 0 atom stereocenters. The fourth-order valence-electron chi connectivity index (χ4n) is 22.3. The van der Waals surface area contributed by atoms with Gasteiger partial charge >= 0.3 is 0 Å². The molecule has 0 aliphatic heterocycles. The largest absolute Gasteiger partial charge is 0.496 e. The van der Waals surface area contributed by atoms with Crippen molar-refractivity contribution in [1.29, 1.82) is 0 Å². The number of benzene rings is 22. The van der Waals surface area contributed by atoms with E-state index < -0.39 is 16.1 Å². The number of hydrogen-bond acceptors (Lipinski definition) is 4. The van der Waals surface area contributed by atoms with Gasteiger partial charge in [0.05, 0.1) is 27.4 Å². The fourth-order valence-corrected chi connectivity index (χ4v) is 32.2. The minimum absolute atomic E-state index is 0.0852. The molecule has 0 spiro atoms. The van der Waals surface area contributed by atoms with Crippen molar-refractivity contribution in [3.63, 3.8) is 0 Å². The third-order valence-electron chi connectivity index (χ3n) is 29.6. The Hall–Kier alpha value is -16.0. The van der Waals surface area contributed by atoms with E-state index in [1.54, 1.807) is 14.2 Å². The molecule has 6 heteroatoms. The van der Waals surface area contributed by atoms with Crippen LogP contribution >= 0.6 is 0 Å². The highest BCUT2D eigenvalue weighted by Crippen LogP contribution is 2.50. The highest BCUT2D eigenvalue weighted by Gasteiger charge is 2.45. The number of ether oxygens (including phenoxy) is 4. The average molecular weight is 1960 g/mol. The molecular weight excluding hydrogens is 1830 g/mol. The van der Waals surface area contributed by atoms with E-state index in [-0.39, 0.29) is 10.8 Å². The summed E-state index contributed by atoms with van der Waals surface area (Å²) < 4.78 is 24.4. The highest BCUT2D eigenvalue weighted by molar-refractivity contribution is 7.21.